The van der Waals surface area contributed by atoms with Gasteiger partial charge in [-0.05, 0) is 11.1 Å². The van der Waals surface area contributed by atoms with Crippen LogP contribution in [-0.4, -0.2) is 0 Å². The monoisotopic (exact) mass is 232 g/mol. The third-order valence-electron chi connectivity index (χ3n) is 3.04. The predicted molar refractivity (Wildman–Crippen MR) is 72.9 cm³/mol. The summed E-state index contributed by atoms with van der Waals surface area (Å²) in [6.07, 6.45) is 0. The number of nitrogens with zero attached hydrogens (tertiary/aromatic N) is 2. The van der Waals surface area contributed by atoms with Crippen molar-refractivity contribution in [3.05, 3.63) is 82.5 Å². The van der Waals surface area contributed by atoms with Crippen molar-refractivity contribution < 1.29 is 0 Å². The molecule has 0 aromatic heterocycles. The summed E-state index contributed by atoms with van der Waals surface area (Å²) in [5.74, 6) is 0.268. The molecule has 0 aliphatic heterocycles. The summed E-state index contributed by atoms with van der Waals surface area (Å²) in [5.41, 5.74) is 3.68. The van der Waals surface area contributed by atoms with Crippen molar-refractivity contribution in [2.75, 3.05) is 0 Å². The van der Waals surface area contributed by atoms with Crippen molar-refractivity contribution in [3.63, 3.8) is 0 Å². The van der Waals surface area contributed by atoms with Crippen molar-refractivity contribution in [1.82, 2.24) is 0 Å². The highest BCUT2D eigenvalue weighted by atomic mass is 14.6. The van der Waals surface area contributed by atoms with Crippen LogP contribution in [0.2, 0.25) is 0 Å². The Balaban J connectivity index is 2.27. The zero-order valence-electron chi connectivity index (χ0n) is 10.1. The molecule has 18 heavy (non-hydrogen) atoms. The van der Waals surface area contributed by atoms with Crippen LogP contribution in [0.3, 0.4) is 0 Å². The first-order chi connectivity index (χ1) is 8.74. The number of benzene rings is 2. The third-order valence-corrected chi connectivity index (χ3v) is 3.04. The average Bonchev–Trinajstić information content (AvgIpc) is 2.47. The smallest absolute Gasteiger partial charge is 0.187 e. The van der Waals surface area contributed by atoms with Crippen molar-refractivity contribution in [3.8, 4) is 0 Å². The first-order valence-electron chi connectivity index (χ1n) is 5.69. The molecule has 2 heteroatoms. The fraction of sp³-hybridized carbons (Fsp3) is 0.125. The standard InChI is InChI=1S/C16H12N2/c1-12(13-4-8-15(17-2)9-5-13)14-6-10-16(18-3)11-7-14/h4-12H,1H3. The van der Waals surface area contributed by atoms with Crippen LogP contribution in [0.4, 0.5) is 11.4 Å². The molecule has 2 aromatic rings. The maximum atomic E-state index is 6.93. The minimum absolute atomic E-state index is 0.268. The molecule has 0 aliphatic rings. The minimum atomic E-state index is 0.268. The van der Waals surface area contributed by atoms with E-state index in [0.29, 0.717) is 11.4 Å². The van der Waals surface area contributed by atoms with Crippen LogP contribution in [0, 0.1) is 13.1 Å². The summed E-state index contributed by atoms with van der Waals surface area (Å²) in [5, 5.41) is 0. The molecule has 0 saturated carbocycles. The van der Waals surface area contributed by atoms with Gasteiger partial charge in [0.05, 0.1) is 13.1 Å². The van der Waals surface area contributed by atoms with E-state index < -0.39 is 0 Å². The lowest BCUT2D eigenvalue weighted by Gasteiger charge is -2.12. The Morgan fingerprint density at radius 2 is 1.06 bits per heavy atom. The first kappa shape index (κ1) is 11.9. The van der Waals surface area contributed by atoms with Crippen LogP contribution < -0.4 is 0 Å². The van der Waals surface area contributed by atoms with Gasteiger partial charge in [0.1, 0.15) is 0 Å². The molecule has 0 aliphatic carbocycles. The third kappa shape index (κ3) is 2.39. The highest BCUT2D eigenvalue weighted by Crippen LogP contribution is 2.27. The summed E-state index contributed by atoms with van der Waals surface area (Å²) in [6, 6.07) is 15.3. The molecule has 0 atom stereocenters. The predicted octanol–water partition coefficient (Wildman–Crippen LogP) is 4.94. The molecule has 0 spiro atoms. The van der Waals surface area contributed by atoms with Gasteiger partial charge in [-0.25, -0.2) is 9.69 Å². The molecule has 2 aromatic carbocycles. The van der Waals surface area contributed by atoms with Gasteiger partial charge in [0.2, 0.25) is 0 Å². The van der Waals surface area contributed by atoms with Gasteiger partial charge in [-0.15, -0.1) is 0 Å². The molecule has 2 nitrogen and oxygen atoms in total. The van der Waals surface area contributed by atoms with E-state index >= 15 is 0 Å². The van der Waals surface area contributed by atoms with E-state index in [4.69, 9.17) is 13.1 Å². The molecule has 0 heterocycles. The SMILES string of the molecule is [C-]#[N+]c1ccc(C(C)c2ccc([N+]#[C-])cc2)cc1. The van der Waals surface area contributed by atoms with Crippen molar-refractivity contribution in [2.24, 2.45) is 0 Å². The summed E-state index contributed by atoms with van der Waals surface area (Å²) in [6.45, 7) is 16.0. The van der Waals surface area contributed by atoms with Crippen molar-refractivity contribution >= 4 is 11.4 Å². The minimum Gasteiger partial charge on any atom is -0.238 e. The van der Waals surface area contributed by atoms with Crippen LogP contribution >= 0.6 is 0 Å². The Bertz CT molecular complexity index is 553. The van der Waals surface area contributed by atoms with Crippen LogP contribution in [0.25, 0.3) is 9.69 Å². The Labute approximate surface area is 107 Å². The van der Waals surface area contributed by atoms with E-state index in [-0.39, 0.29) is 5.92 Å². The molecule has 0 radical (unpaired) electrons. The Morgan fingerprint density at radius 1 is 0.722 bits per heavy atom. The van der Waals surface area contributed by atoms with Gasteiger partial charge in [0, 0.05) is 5.92 Å². The van der Waals surface area contributed by atoms with Gasteiger partial charge in [-0.3, -0.25) is 0 Å². The number of hydrogen-bond acceptors (Lipinski definition) is 0. The fourth-order valence-electron chi connectivity index (χ4n) is 1.87. The van der Waals surface area contributed by atoms with Gasteiger partial charge in [0.15, 0.2) is 11.4 Å². The van der Waals surface area contributed by atoms with Gasteiger partial charge in [0.25, 0.3) is 0 Å². The van der Waals surface area contributed by atoms with E-state index in [1.165, 1.54) is 11.1 Å². The largest absolute Gasteiger partial charge is 0.238 e. The summed E-state index contributed by atoms with van der Waals surface area (Å²) < 4.78 is 0. The van der Waals surface area contributed by atoms with Gasteiger partial charge in [-0.2, -0.15) is 0 Å². The molecule has 86 valence electrons. The lowest BCUT2D eigenvalue weighted by Crippen LogP contribution is -1.94. The van der Waals surface area contributed by atoms with Gasteiger partial charge < -0.3 is 0 Å². The van der Waals surface area contributed by atoms with Crippen molar-refractivity contribution in [2.45, 2.75) is 12.8 Å². The van der Waals surface area contributed by atoms with Crippen LogP contribution in [-0.2, 0) is 0 Å². The lowest BCUT2D eigenvalue weighted by atomic mass is 9.93. The zero-order chi connectivity index (χ0) is 13.0. The zero-order valence-corrected chi connectivity index (χ0v) is 10.1. The van der Waals surface area contributed by atoms with E-state index in [0.717, 1.165) is 0 Å². The Hall–Kier alpha value is -2.58. The van der Waals surface area contributed by atoms with Crippen LogP contribution in [0.15, 0.2) is 48.5 Å². The quantitative estimate of drug-likeness (QED) is 0.648. The lowest BCUT2D eigenvalue weighted by molar-refractivity contribution is 0.923. The molecule has 0 amide bonds. The Morgan fingerprint density at radius 3 is 1.33 bits per heavy atom. The number of rotatable bonds is 2. The second kappa shape index (κ2) is 5.17. The molecule has 2 rings (SSSR count). The maximum Gasteiger partial charge on any atom is 0.187 e. The first-order valence-corrected chi connectivity index (χ1v) is 5.69. The average molecular weight is 232 g/mol. The normalized spacial score (nSPS) is 9.78. The molecule has 0 bridgehead atoms. The molecule has 0 saturated heterocycles. The molecule has 0 N–H and O–H groups in total. The summed E-state index contributed by atoms with van der Waals surface area (Å²) in [4.78, 5) is 6.77. The summed E-state index contributed by atoms with van der Waals surface area (Å²) >= 11 is 0. The second-order valence-corrected chi connectivity index (χ2v) is 4.13. The van der Waals surface area contributed by atoms with E-state index in [1.807, 2.05) is 48.5 Å². The Kier molecular flexibility index (Phi) is 3.41. The molecular weight excluding hydrogens is 220 g/mol. The van der Waals surface area contributed by atoms with Gasteiger partial charge in [-0.1, -0.05) is 55.5 Å². The van der Waals surface area contributed by atoms with E-state index in [2.05, 4.69) is 16.6 Å². The van der Waals surface area contributed by atoms with Crippen LogP contribution in [0.1, 0.15) is 24.0 Å². The maximum absolute atomic E-state index is 6.93. The number of hydrogen-bond donors (Lipinski definition) is 0. The molecular formula is C16H12N2. The fourth-order valence-corrected chi connectivity index (χ4v) is 1.87. The molecule has 0 unspecified atom stereocenters. The molecule has 0 fully saturated rings. The summed E-state index contributed by atoms with van der Waals surface area (Å²) in [7, 11) is 0. The van der Waals surface area contributed by atoms with Crippen molar-refractivity contribution in [1.29, 1.82) is 0 Å². The highest BCUT2D eigenvalue weighted by Gasteiger charge is 2.08. The highest BCUT2D eigenvalue weighted by molar-refractivity contribution is 5.49. The topological polar surface area (TPSA) is 8.72 Å². The van der Waals surface area contributed by atoms with E-state index in [9.17, 15) is 0 Å². The van der Waals surface area contributed by atoms with Gasteiger partial charge >= 0.3 is 0 Å². The van der Waals surface area contributed by atoms with Crippen LogP contribution in [0.5, 0.6) is 0 Å². The van der Waals surface area contributed by atoms with E-state index in [1.54, 1.807) is 0 Å². The second-order valence-electron chi connectivity index (χ2n) is 4.13.